The minimum atomic E-state index is -0.461. The number of cyclic esters (lactones) is 1. The van der Waals surface area contributed by atoms with E-state index in [1.54, 1.807) is 25.3 Å². The van der Waals surface area contributed by atoms with Crippen molar-refractivity contribution in [3.63, 3.8) is 0 Å². The van der Waals surface area contributed by atoms with Crippen LogP contribution >= 0.6 is 0 Å². The van der Waals surface area contributed by atoms with Crippen molar-refractivity contribution in [3.05, 3.63) is 36.4 Å². The van der Waals surface area contributed by atoms with Crippen molar-refractivity contribution in [2.24, 2.45) is 0 Å². The lowest BCUT2D eigenvalue weighted by Crippen LogP contribution is -2.23. The molecular formula is C11H11NO3. The lowest BCUT2D eigenvalue weighted by Gasteiger charge is -2.24. The highest BCUT2D eigenvalue weighted by Crippen LogP contribution is 2.33. The van der Waals surface area contributed by atoms with Gasteiger partial charge in [0.1, 0.15) is 11.9 Å². The minimum Gasteiger partial charge on any atom is -0.497 e. The fraction of sp³-hybridized carbons (Fsp3) is 0.182. The third kappa shape index (κ3) is 1.66. The monoisotopic (exact) mass is 205 g/mol. The van der Waals surface area contributed by atoms with Crippen molar-refractivity contribution in [2.45, 2.75) is 6.10 Å². The first-order valence-corrected chi connectivity index (χ1v) is 4.52. The SMILES string of the molecule is C=CC1OC(=O)Nc2ccc(OC)cc21. The van der Waals surface area contributed by atoms with Gasteiger partial charge < -0.3 is 9.47 Å². The molecule has 1 N–H and O–H groups in total. The van der Waals surface area contributed by atoms with E-state index in [1.165, 1.54) is 0 Å². The van der Waals surface area contributed by atoms with Crippen LogP contribution in [0.4, 0.5) is 10.5 Å². The summed E-state index contributed by atoms with van der Waals surface area (Å²) in [7, 11) is 1.59. The zero-order chi connectivity index (χ0) is 10.8. The van der Waals surface area contributed by atoms with Gasteiger partial charge in [-0.3, -0.25) is 5.32 Å². The van der Waals surface area contributed by atoms with E-state index in [-0.39, 0.29) is 0 Å². The van der Waals surface area contributed by atoms with E-state index in [2.05, 4.69) is 11.9 Å². The largest absolute Gasteiger partial charge is 0.497 e. The first-order valence-electron chi connectivity index (χ1n) is 4.52. The Kier molecular flexibility index (Phi) is 2.33. The first kappa shape index (κ1) is 9.58. The number of methoxy groups -OCH3 is 1. The number of nitrogens with one attached hydrogen (secondary N) is 1. The number of amides is 1. The van der Waals surface area contributed by atoms with Crippen LogP contribution in [0.25, 0.3) is 0 Å². The summed E-state index contributed by atoms with van der Waals surface area (Å²) in [5.74, 6) is 0.723. The van der Waals surface area contributed by atoms with Crippen molar-refractivity contribution >= 4 is 11.8 Å². The zero-order valence-electron chi connectivity index (χ0n) is 8.32. The second-order valence-corrected chi connectivity index (χ2v) is 3.14. The van der Waals surface area contributed by atoms with E-state index in [0.717, 1.165) is 17.0 Å². The fourth-order valence-corrected chi connectivity index (χ4v) is 1.51. The molecule has 1 amide bonds. The molecule has 2 rings (SSSR count). The van der Waals surface area contributed by atoms with Gasteiger partial charge in [-0.2, -0.15) is 0 Å². The van der Waals surface area contributed by atoms with Crippen LogP contribution in [0, 0.1) is 0 Å². The van der Waals surface area contributed by atoms with Crippen LogP contribution in [0.1, 0.15) is 11.7 Å². The van der Waals surface area contributed by atoms with E-state index >= 15 is 0 Å². The normalized spacial score (nSPS) is 18.5. The molecule has 0 aromatic heterocycles. The van der Waals surface area contributed by atoms with E-state index in [4.69, 9.17) is 9.47 Å². The van der Waals surface area contributed by atoms with E-state index in [0.29, 0.717) is 0 Å². The molecule has 1 aliphatic rings. The van der Waals surface area contributed by atoms with Crippen LogP contribution in [0.15, 0.2) is 30.9 Å². The summed E-state index contributed by atoms with van der Waals surface area (Å²) in [6, 6.07) is 5.39. The Morgan fingerprint density at radius 2 is 2.40 bits per heavy atom. The maximum atomic E-state index is 11.1. The maximum Gasteiger partial charge on any atom is 0.412 e. The van der Waals surface area contributed by atoms with Gasteiger partial charge >= 0.3 is 6.09 Å². The Bertz CT molecular complexity index is 414. The van der Waals surface area contributed by atoms with Crippen LogP contribution in [0.3, 0.4) is 0 Å². The van der Waals surface area contributed by atoms with E-state index < -0.39 is 12.2 Å². The van der Waals surface area contributed by atoms with Gasteiger partial charge in [0.2, 0.25) is 0 Å². The van der Waals surface area contributed by atoms with Crippen molar-refractivity contribution < 1.29 is 14.3 Å². The molecule has 0 radical (unpaired) electrons. The Morgan fingerprint density at radius 1 is 1.60 bits per heavy atom. The van der Waals surface area contributed by atoms with Crippen molar-refractivity contribution in [1.82, 2.24) is 0 Å². The average Bonchev–Trinajstić information content (AvgIpc) is 2.27. The number of anilines is 1. The lowest BCUT2D eigenvalue weighted by atomic mass is 10.1. The first-order chi connectivity index (χ1) is 7.24. The standard InChI is InChI=1S/C11H11NO3/c1-3-10-8-6-7(14-2)4-5-9(8)12-11(13)15-10/h3-6,10H,1H2,2H3,(H,12,13). The summed E-state index contributed by atoms with van der Waals surface area (Å²) in [5.41, 5.74) is 1.58. The molecule has 0 aliphatic carbocycles. The molecule has 1 aromatic rings. The highest BCUT2D eigenvalue weighted by Gasteiger charge is 2.24. The topological polar surface area (TPSA) is 47.6 Å². The third-order valence-electron chi connectivity index (χ3n) is 2.25. The maximum absolute atomic E-state index is 11.1. The second kappa shape index (κ2) is 3.65. The van der Waals surface area contributed by atoms with Gasteiger partial charge in [0.15, 0.2) is 0 Å². The second-order valence-electron chi connectivity index (χ2n) is 3.14. The Labute approximate surface area is 87.5 Å². The molecule has 15 heavy (non-hydrogen) atoms. The van der Waals surface area contributed by atoms with Crippen LogP contribution in [-0.4, -0.2) is 13.2 Å². The number of hydrogen-bond donors (Lipinski definition) is 1. The molecule has 0 saturated heterocycles. The summed E-state index contributed by atoms with van der Waals surface area (Å²) in [4.78, 5) is 11.1. The number of carbonyl (C=O) groups excluding carboxylic acids is 1. The Hall–Kier alpha value is -1.97. The van der Waals surface area contributed by atoms with Crippen LogP contribution in [0.2, 0.25) is 0 Å². The zero-order valence-corrected chi connectivity index (χ0v) is 8.32. The molecule has 78 valence electrons. The van der Waals surface area contributed by atoms with Gasteiger partial charge in [-0.05, 0) is 24.3 Å². The summed E-state index contributed by atoms with van der Waals surface area (Å²) in [5, 5.41) is 2.61. The van der Waals surface area contributed by atoms with Crippen molar-refractivity contribution in [1.29, 1.82) is 0 Å². The van der Waals surface area contributed by atoms with Gasteiger partial charge in [0, 0.05) is 5.56 Å². The molecule has 0 fully saturated rings. The van der Waals surface area contributed by atoms with Crippen molar-refractivity contribution in [2.75, 3.05) is 12.4 Å². The lowest BCUT2D eigenvalue weighted by molar-refractivity contribution is 0.130. The van der Waals surface area contributed by atoms with Gasteiger partial charge in [-0.1, -0.05) is 6.58 Å². The smallest absolute Gasteiger partial charge is 0.412 e. The molecular weight excluding hydrogens is 194 g/mol. The predicted octanol–water partition coefficient (Wildman–Crippen LogP) is 2.48. The van der Waals surface area contributed by atoms with Gasteiger partial charge in [0.05, 0.1) is 12.8 Å². The molecule has 0 saturated carbocycles. The Morgan fingerprint density at radius 3 is 3.07 bits per heavy atom. The predicted molar refractivity (Wildman–Crippen MR) is 56.0 cm³/mol. The van der Waals surface area contributed by atoms with Gasteiger partial charge in [0.25, 0.3) is 0 Å². The number of rotatable bonds is 2. The third-order valence-corrected chi connectivity index (χ3v) is 2.25. The highest BCUT2D eigenvalue weighted by atomic mass is 16.6. The molecule has 1 aromatic carbocycles. The van der Waals surface area contributed by atoms with Crippen LogP contribution in [0.5, 0.6) is 5.75 Å². The number of fused-ring (bicyclic) bond motifs is 1. The number of ether oxygens (including phenoxy) is 2. The summed E-state index contributed by atoms with van der Waals surface area (Å²) in [6.45, 7) is 3.63. The summed E-state index contributed by atoms with van der Waals surface area (Å²) < 4.78 is 10.1. The molecule has 4 nitrogen and oxygen atoms in total. The minimum absolute atomic E-state index is 0.413. The molecule has 0 bridgehead atoms. The number of benzene rings is 1. The number of hydrogen-bond acceptors (Lipinski definition) is 3. The molecule has 1 aliphatic heterocycles. The molecule has 4 heteroatoms. The van der Waals surface area contributed by atoms with E-state index in [9.17, 15) is 4.79 Å². The molecule has 1 unspecified atom stereocenters. The fourth-order valence-electron chi connectivity index (χ4n) is 1.51. The summed E-state index contributed by atoms with van der Waals surface area (Å²) >= 11 is 0. The number of carbonyl (C=O) groups is 1. The quantitative estimate of drug-likeness (QED) is 0.754. The molecule has 1 atom stereocenters. The average molecular weight is 205 g/mol. The van der Waals surface area contributed by atoms with Crippen LogP contribution in [-0.2, 0) is 4.74 Å². The molecule has 1 heterocycles. The van der Waals surface area contributed by atoms with E-state index in [1.807, 2.05) is 6.07 Å². The molecule has 0 spiro atoms. The summed E-state index contributed by atoms with van der Waals surface area (Å²) in [6.07, 6.45) is 0.707. The Balaban J connectivity index is 2.47. The van der Waals surface area contributed by atoms with Crippen LogP contribution < -0.4 is 10.1 Å². The van der Waals surface area contributed by atoms with Gasteiger partial charge in [-0.25, -0.2) is 4.79 Å². The highest BCUT2D eigenvalue weighted by molar-refractivity contribution is 5.88. The van der Waals surface area contributed by atoms with Gasteiger partial charge in [-0.15, -0.1) is 0 Å². The van der Waals surface area contributed by atoms with Crippen molar-refractivity contribution in [3.8, 4) is 5.75 Å².